The van der Waals surface area contributed by atoms with Crippen LogP contribution < -0.4 is 0 Å². The van der Waals surface area contributed by atoms with Crippen molar-refractivity contribution < 1.29 is 4.74 Å². The highest BCUT2D eigenvalue weighted by molar-refractivity contribution is 7.07. The van der Waals surface area contributed by atoms with Gasteiger partial charge in [-0.1, -0.05) is 0 Å². The van der Waals surface area contributed by atoms with E-state index in [4.69, 9.17) is 4.74 Å². The molecule has 3 heterocycles. The highest BCUT2D eigenvalue weighted by Gasteiger charge is 2.23. The largest absolute Gasteiger partial charge is 0.369 e. The Morgan fingerprint density at radius 1 is 1.40 bits per heavy atom. The van der Waals surface area contributed by atoms with Crippen molar-refractivity contribution in [2.24, 2.45) is 0 Å². The summed E-state index contributed by atoms with van der Waals surface area (Å²) in [5.41, 5.74) is 3.39. The Morgan fingerprint density at radius 3 is 3.05 bits per heavy atom. The zero-order valence-electron chi connectivity index (χ0n) is 11.9. The highest BCUT2D eigenvalue weighted by atomic mass is 32.1. The predicted octanol–water partition coefficient (Wildman–Crippen LogP) is 2.73. The molecule has 1 saturated heterocycles. The molecule has 0 amide bonds. The van der Waals surface area contributed by atoms with E-state index in [0.29, 0.717) is 0 Å². The molecule has 0 aromatic carbocycles. The zero-order valence-corrected chi connectivity index (χ0v) is 12.7. The second kappa shape index (κ2) is 5.99. The van der Waals surface area contributed by atoms with Gasteiger partial charge in [0.05, 0.1) is 12.3 Å². The summed E-state index contributed by atoms with van der Waals surface area (Å²) >= 11 is 1.75. The minimum absolute atomic E-state index is 0.0581. The first-order valence-electron chi connectivity index (χ1n) is 6.88. The maximum absolute atomic E-state index is 5.89. The van der Waals surface area contributed by atoms with Gasteiger partial charge in [0.2, 0.25) is 0 Å². The molecule has 0 bridgehead atoms. The first-order valence-corrected chi connectivity index (χ1v) is 7.82. The molecular formula is C15H19N3OS. The van der Waals surface area contributed by atoms with Gasteiger partial charge >= 0.3 is 0 Å². The second-order valence-electron chi connectivity index (χ2n) is 5.21. The number of morpholine rings is 1. The van der Waals surface area contributed by atoms with E-state index in [1.54, 1.807) is 11.3 Å². The molecule has 106 valence electrons. The molecule has 20 heavy (non-hydrogen) atoms. The van der Waals surface area contributed by atoms with Crippen LogP contribution in [0.4, 0.5) is 0 Å². The second-order valence-corrected chi connectivity index (χ2v) is 5.99. The van der Waals surface area contributed by atoms with E-state index in [-0.39, 0.29) is 6.10 Å². The monoisotopic (exact) mass is 289 g/mol. The van der Waals surface area contributed by atoms with Gasteiger partial charge in [-0.25, -0.2) is 9.97 Å². The fourth-order valence-electron chi connectivity index (χ4n) is 2.58. The normalized spacial score (nSPS) is 20.2. The number of ether oxygens (including phenoxy) is 1. The van der Waals surface area contributed by atoms with E-state index in [1.165, 1.54) is 5.56 Å². The van der Waals surface area contributed by atoms with Crippen LogP contribution in [0.3, 0.4) is 0 Å². The molecule has 0 N–H and O–H groups in total. The minimum Gasteiger partial charge on any atom is -0.369 e. The van der Waals surface area contributed by atoms with Crippen LogP contribution >= 0.6 is 11.3 Å². The summed E-state index contributed by atoms with van der Waals surface area (Å²) in [6, 6.07) is 4.22. The van der Waals surface area contributed by atoms with E-state index in [9.17, 15) is 0 Å². The van der Waals surface area contributed by atoms with Gasteiger partial charge in [0.1, 0.15) is 11.9 Å². The molecule has 0 aliphatic carbocycles. The van der Waals surface area contributed by atoms with E-state index in [2.05, 4.69) is 31.7 Å². The molecule has 4 nitrogen and oxygen atoms in total. The molecule has 2 aromatic rings. The van der Waals surface area contributed by atoms with Crippen LogP contribution in [0.2, 0.25) is 0 Å². The third kappa shape index (κ3) is 3.23. The van der Waals surface area contributed by atoms with Gasteiger partial charge in [-0.15, -0.1) is 0 Å². The molecule has 2 aromatic heterocycles. The van der Waals surface area contributed by atoms with Gasteiger partial charge in [-0.2, -0.15) is 11.3 Å². The van der Waals surface area contributed by atoms with E-state index in [1.807, 2.05) is 19.9 Å². The van der Waals surface area contributed by atoms with E-state index >= 15 is 0 Å². The van der Waals surface area contributed by atoms with Crippen LogP contribution in [0, 0.1) is 13.8 Å². The van der Waals surface area contributed by atoms with Gasteiger partial charge in [-0.3, -0.25) is 4.90 Å². The van der Waals surface area contributed by atoms with Crippen molar-refractivity contribution >= 4 is 11.3 Å². The molecule has 1 atom stereocenters. The average Bonchev–Trinajstić information content (AvgIpc) is 2.91. The summed E-state index contributed by atoms with van der Waals surface area (Å²) < 4.78 is 5.89. The van der Waals surface area contributed by atoms with E-state index in [0.717, 1.165) is 43.5 Å². The molecular weight excluding hydrogens is 270 g/mol. The number of hydrogen-bond donors (Lipinski definition) is 0. The Labute approximate surface area is 123 Å². The lowest BCUT2D eigenvalue weighted by Gasteiger charge is -2.32. The number of aromatic nitrogens is 2. The Bertz CT molecular complexity index is 550. The van der Waals surface area contributed by atoms with Gasteiger partial charge in [0, 0.05) is 25.3 Å². The van der Waals surface area contributed by atoms with Crippen LogP contribution in [-0.2, 0) is 11.3 Å². The third-order valence-corrected chi connectivity index (χ3v) is 4.18. The van der Waals surface area contributed by atoms with Crippen molar-refractivity contribution in [3.63, 3.8) is 0 Å². The fourth-order valence-corrected chi connectivity index (χ4v) is 3.24. The highest BCUT2D eigenvalue weighted by Crippen LogP contribution is 2.22. The molecule has 1 aliphatic rings. The van der Waals surface area contributed by atoms with Crippen molar-refractivity contribution in [3.05, 3.63) is 45.7 Å². The molecule has 1 fully saturated rings. The number of nitrogens with zero attached hydrogens (tertiary/aromatic N) is 3. The summed E-state index contributed by atoms with van der Waals surface area (Å²) in [6.07, 6.45) is 0.0581. The summed E-state index contributed by atoms with van der Waals surface area (Å²) in [5, 5.41) is 4.34. The van der Waals surface area contributed by atoms with Gasteiger partial charge < -0.3 is 4.74 Å². The van der Waals surface area contributed by atoms with Crippen molar-refractivity contribution in [1.29, 1.82) is 0 Å². The fraction of sp³-hybridized carbons (Fsp3) is 0.467. The van der Waals surface area contributed by atoms with Crippen molar-refractivity contribution in [3.8, 4) is 0 Å². The molecule has 3 rings (SSSR count). The van der Waals surface area contributed by atoms with Crippen LogP contribution in [-0.4, -0.2) is 34.6 Å². The predicted molar refractivity (Wildman–Crippen MR) is 79.8 cm³/mol. The van der Waals surface area contributed by atoms with E-state index < -0.39 is 0 Å². The standard InChI is InChI=1S/C15H19N3OS/c1-11-7-14(17-12(2)16-11)15-9-18(4-5-19-15)8-13-3-6-20-10-13/h3,6-7,10,15H,4-5,8-9H2,1-2H3/t15-/m0/s1. The molecule has 1 aliphatic heterocycles. The van der Waals surface area contributed by atoms with Crippen LogP contribution in [0.15, 0.2) is 22.9 Å². The average molecular weight is 289 g/mol. The number of rotatable bonds is 3. The third-order valence-electron chi connectivity index (χ3n) is 3.45. The van der Waals surface area contributed by atoms with Crippen LogP contribution in [0.25, 0.3) is 0 Å². The quantitative estimate of drug-likeness (QED) is 0.871. The summed E-state index contributed by atoms with van der Waals surface area (Å²) in [4.78, 5) is 11.3. The molecule has 0 radical (unpaired) electrons. The number of hydrogen-bond acceptors (Lipinski definition) is 5. The van der Waals surface area contributed by atoms with Gasteiger partial charge in [0.15, 0.2) is 0 Å². The van der Waals surface area contributed by atoms with Crippen molar-refractivity contribution in [1.82, 2.24) is 14.9 Å². The molecule has 0 unspecified atom stereocenters. The molecule has 5 heteroatoms. The van der Waals surface area contributed by atoms with Crippen LogP contribution in [0.5, 0.6) is 0 Å². The van der Waals surface area contributed by atoms with Crippen molar-refractivity contribution in [2.45, 2.75) is 26.5 Å². The Balaban J connectivity index is 1.71. The van der Waals surface area contributed by atoms with Gasteiger partial charge in [-0.05, 0) is 42.3 Å². The lowest BCUT2D eigenvalue weighted by atomic mass is 10.1. The van der Waals surface area contributed by atoms with Gasteiger partial charge in [0.25, 0.3) is 0 Å². The Kier molecular flexibility index (Phi) is 4.10. The molecule has 0 spiro atoms. The Morgan fingerprint density at radius 2 is 2.30 bits per heavy atom. The Hall–Kier alpha value is -1.30. The van der Waals surface area contributed by atoms with Crippen LogP contribution in [0.1, 0.15) is 28.9 Å². The maximum Gasteiger partial charge on any atom is 0.125 e. The number of aryl methyl sites for hydroxylation is 2. The first-order chi connectivity index (χ1) is 9.70. The first kappa shape index (κ1) is 13.7. The summed E-state index contributed by atoms with van der Waals surface area (Å²) in [7, 11) is 0. The zero-order chi connectivity index (χ0) is 13.9. The SMILES string of the molecule is Cc1cc([C@@H]2CN(Cc3ccsc3)CCO2)nc(C)n1. The number of thiophene rings is 1. The maximum atomic E-state index is 5.89. The minimum atomic E-state index is 0.0581. The smallest absolute Gasteiger partial charge is 0.125 e. The van der Waals surface area contributed by atoms with Crippen molar-refractivity contribution in [2.75, 3.05) is 19.7 Å². The topological polar surface area (TPSA) is 38.2 Å². The molecule has 0 saturated carbocycles. The summed E-state index contributed by atoms with van der Waals surface area (Å²) in [5.74, 6) is 0.818. The lowest BCUT2D eigenvalue weighted by molar-refractivity contribution is -0.0351. The summed E-state index contributed by atoms with van der Waals surface area (Å²) in [6.45, 7) is 7.57. The lowest BCUT2D eigenvalue weighted by Crippen LogP contribution is -2.38.